The molecule has 31 heavy (non-hydrogen) atoms. The van der Waals surface area contributed by atoms with Gasteiger partial charge in [-0.25, -0.2) is 4.79 Å². The number of rotatable bonds is 8. The molecule has 2 amide bonds. The molecule has 0 spiro atoms. The summed E-state index contributed by atoms with van der Waals surface area (Å²) in [6, 6.07) is 14.0. The SMILES string of the molecule is CCCN(CC(=O)Nc1ccccc1C)C(=O)COc1ccc2c(C)cc(=O)oc2c1. The number of carbonyl (C=O) groups excluding carboxylic acids is 2. The molecule has 0 aliphatic carbocycles. The molecule has 0 saturated carbocycles. The lowest BCUT2D eigenvalue weighted by Crippen LogP contribution is -2.41. The third kappa shape index (κ3) is 5.72. The molecule has 0 fully saturated rings. The molecule has 0 aliphatic rings. The van der Waals surface area contributed by atoms with E-state index in [2.05, 4.69) is 5.32 Å². The van der Waals surface area contributed by atoms with Gasteiger partial charge >= 0.3 is 5.63 Å². The summed E-state index contributed by atoms with van der Waals surface area (Å²) in [6.45, 7) is 5.83. The molecule has 2 aromatic carbocycles. The highest BCUT2D eigenvalue weighted by Crippen LogP contribution is 2.22. The number of fused-ring (bicyclic) bond motifs is 1. The first-order chi connectivity index (χ1) is 14.9. The summed E-state index contributed by atoms with van der Waals surface area (Å²) in [5, 5.41) is 3.65. The van der Waals surface area contributed by atoms with Crippen molar-refractivity contribution >= 4 is 28.5 Å². The van der Waals surface area contributed by atoms with Gasteiger partial charge in [0.15, 0.2) is 6.61 Å². The summed E-state index contributed by atoms with van der Waals surface area (Å²) in [7, 11) is 0. The van der Waals surface area contributed by atoms with Gasteiger partial charge in [-0.2, -0.15) is 0 Å². The Morgan fingerprint density at radius 3 is 2.58 bits per heavy atom. The first-order valence-electron chi connectivity index (χ1n) is 10.2. The standard InChI is InChI=1S/C24H26N2O5/c1-4-11-26(14-22(27)25-20-8-6-5-7-16(20)2)23(28)15-30-18-9-10-19-17(3)12-24(29)31-21(19)13-18/h5-10,12-13H,4,11,14-15H2,1-3H3,(H,25,27). The normalized spacial score (nSPS) is 10.7. The molecule has 1 aromatic heterocycles. The number of aryl methyl sites for hydroxylation is 2. The van der Waals surface area contributed by atoms with Gasteiger partial charge in [-0.3, -0.25) is 9.59 Å². The molecule has 7 heteroatoms. The number of carbonyl (C=O) groups is 2. The van der Waals surface area contributed by atoms with E-state index in [1.54, 1.807) is 18.2 Å². The van der Waals surface area contributed by atoms with Gasteiger partial charge < -0.3 is 19.4 Å². The van der Waals surface area contributed by atoms with Gasteiger partial charge in [0.05, 0.1) is 6.54 Å². The zero-order chi connectivity index (χ0) is 22.4. The molecule has 1 N–H and O–H groups in total. The molecular formula is C24H26N2O5. The molecule has 0 aliphatic heterocycles. The number of hydrogen-bond acceptors (Lipinski definition) is 5. The van der Waals surface area contributed by atoms with Crippen LogP contribution in [-0.2, 0) is 9.59 Å². The van der Waals surface area contributed by atoms with E-state index in [0.29, 0.717) is 24.3 Å². The first-order valence-corrected chi connectivity index (χ1v) is 10.2. The Hall–Kier alpha value is -3.61. The van der Waals surface area contributed by atoms with E-state index in [4.69, 9.17) is 9.15 Å². The second-order valence-corrected chi connectivity index (χ2v) is 7.37. The van der Waals surface area contributed by atoms with Crippen LogP contribution in [0.25, 0.3) is 11.0 Å². The molecule has 3 aromatic rings. The average molecular weight is 422 g/mol. The fourth-order valence-corrected chi connectivity index (χ4v) is 3.27. The van der Waals surface area contributed by atoms with Crippen LogP contribution in [0.4, 0.5) is 5.69 Å². The molecule has 1 heterocycles. The lowest BCUT2D eigenvalue weighted by Gasteiger charge is -2.22. The van der Waals surface area contributed by atoms with Crippen LogP contribution in [0.1, 0.15) is 24.5 Å². The van der Waals surface area contributed by atoms with Gasteiger partial charge in [0.25, 0.3) is 5.91 Å². The van der Waals surface area contributed by atoms with E-state index in [0.717, 1.165) is 22.2 Å². The minimum Gasteiger partial charge on any atom is -0.484 e. The second-order valence-electron chi connectivity index (χ2n) is 7.37. The molecule has 0 unspecified atom stereocenters. The second kappa shape index (κ2) is 9.93. The number of amides is 2. The molecule has 7 nitrogen and oxygen atoms in total. The monoisotopic (exact) mass is 422 g/mol. The Labute approximate surface area is 180 Å². The third-order valence-electron chi connectivity index (χ3n) is 4.88. The number of nitrogens with one attached hydrogen (secondary N) is 1. The number of anilines is 1. The Morgan fingerprint density at radius 1 is 1.06 bits per heavy atom. The van der Waals surface area contributed by atoms with Gasteiger partial charge in [-0.05, 0) is 49.6 Å². The van der Waals surface area contributed by atoms with Crippen molar-refractivity contribution in [3.05, 3.63) is 70.1 Å². The number of ether oxygens (including phenoxy) is 1. The molecule has 0 radical (unpaired) electrons. The summed E-state index contributed by atoms with van der Waals surface area (Å²) < 4.78 is 10.8. The molecule has 0 bridgehead atoms. The maximum Gasteiger partial charge on any atom is 0.336 e. The van der Waals surface area contributed by atoms with E-state index in [1.165, 1.54) is 11.0 Å². The highest BCUT2D eigenvalue weighted by atomic mass is 16.5. The van der Waals surface area contributed by atoms with Gasteiger partial charge in [-0.1, -0.05) is 25.1 Å². The number of benzene rings is 2. The summed E-state index contributed by atoms with van der Waals surface area (Å²) >= 11 is 0. The molecular weight excluding hydrogens is 396 g/mol. The minimum absolute atomic E-state index is 0.0594. The van der Waals surface area contributed by atoms with Crippen LogP contribution in [0, 0.1) is 13.8 Å². The van der Waals surface area contributed by atoms with Crippen LogP contribution in [0.3, 0.4) is 0 Å². The fraction of sp³-hybridized carbons (Fsp3) is 0.292. The van der Waals surface area contributed by atoms with Crippen molar-refractivity contribution in [1.29, 1.82) is 0 Å². The van der Waals surface area contributed by atoms with E-state index in [-0.39, 0.29) is 25.0 Å². The van der Waals surface area contributed by atoms with Gasteiger partial charge in [0.1, 0.15) is 11.3 Å². The quantitative estimate of drug-likeness (QED) is 0.560. The third-order valence-corrected chi connectivity index (χ3v) is 4.88. The maximum atomic E-state index is 12.7. The van der Waals surface area contributed by atoms with E-state index in [1.807, 2.05) is 45.0 Å². The van der Waals surface area contributed by atoms with Crippen LogP contribution in [0.2, 0.25) is 0 Å². The lowest BCUT2D eigenvalue weighted by atomic mass is 10.1. The van der Waals surface area contributed by atoms with Crippen molar-refractivity contribution in [3.8, 4) is 5.75 Å². The Balaban J connectivity index is 1.63. The Bertz CT molecular complexity index is 1150. The lowest BCUT2D eigenvalue weighted by molar-refractivity contribution is -0.136. The predicted molar refractivity (Wildman–Crippen MR) is 119 cm³/mol. The van der Waals surface area contributed by atoms with Crippen molar-refractivity contribution in [2.75, 3.05) is 25.0 Å². The zero-order valence-corrected chi connectivity index (χ0v) is 17.9. The van der Waals surface area contributed by atoms with Crippen molar-refractivity contribution < 1.29 is 18.7 Å². The molecule has 0 saturated heterocycles. The minimum atomic E-state index is -0.438. The van der Waals surface area contributed by atoms with E-state index < -0.39 is 5.63 Å². The van der Waals surface area contributed by atoms with Crippen molar-refractivity contribution in [2.24, 2.45) is 0 Å². The smallest absolute Gasteiger partial charge is 0.336 e. The number of nitrogens with zero attached hydrogens (tertiary/aromatic N) is 1. The topological polar surface area (TPSA) is 88.9 Å². The highest BCUT2D eigenvalue weighted by molar-refractivity contribution is 5.95. The van der Waals surface area contributed by atoms with Crippen LogP contribution >= 0.6 is 0 Å². The van der Waals surface area contributed by atoms with Gasteiger partial charge in [0.2, 0.25) is 5.91 Å². The molecule has 0 atom stereocenters. The van der Waals surface area contributed by atoms with Crippen molar-refractivity contribution in [1.82, 2.24) is 4.90 Å². The van der Waals surface area contributed by atoms with Crippen LogP contribution < -0.4 is 15.7 Å². The number of hydrogen-bond donors (Lipinski definition) is 1. The molecule has 162 valence electrons. The maximum absolute atomic E-state index is 12.7. The van der Waals surface area contributed by atoms with E-state index in [9.17, 15) is 14.4 Å². The molecule has 3 rings (SSSR count). The first kappa shape index (κ1) is 22.1. The summed E-state index contributed by atoms with van der Waals surface area (Å²) in [5.74, 6) is -0.151. The van der Waals surface area contributed by atoms with Crippen molar-refractivity contribution in [2.45, 2.75) is 27.2 Å². The largest absolute Gasteiger partial charge is 0.484 e. The van der Waals surface area contributed by atoms with E-state index >= 15 is 0 Å². The fourth-order valence-electron chi connectivity index (χ4n) is 3.27. The zero-order valence-electron chi connectivity index (χ0n) is 17.9. The summed E-state index contributed by atoms with van der Waals surface area (Å²) in [5.41, 5.74) is 2.44. The number of para-hydroxylation sites is 1. The summed E-state index contributed by atoms with van der Waals surface area (Å²) in [6.07, 6.45) is 0.712. The average Bonchev–Trinajstić information content (AvgIpc) is 2.73. The Morgan fingerprint density at radius 2 is 1.84 bits per heavy atom. The van der Waals surface area contributed by atoms with Crippen LogP contribution in [-0.4, -0.2) is 36.4 Å². The van der Waals surface area contributed by atoms with Gasteiger partial charge in [-0.15, -0.1) is 0 Å². The van der Waals surface area contributed by atoms with Crippen LogP contribution in [0.5, 0.6) is 5.75 Å². The van der Waals surface area contributed by atoms with Gasteiger partial charge in [0, 0.05) is 29.8 Å². The van der Waals surface area contributed by atoms with Crippen LogP contribution in [0.15, 0.2) is 57.7 Å². The highest BCUT2D eigenvalue weighted by Gasteiger charge is 2.18. The van der Waals surface area contributed by atoms with Crippen molar-refractivity contribution in [3.63, 3.8) is 0 Å². The Kier molecular flexibility index (Phi) is 7.07. The predicted octanol–water partition coefficient (Wildman–Crippen LogP) is 3.67. The summed E-state index contributed by atoms with van der Waals surface area (Å²) in [4.78, 5) is 38.2.